The largest absolute Gasteiger partial charge is 0.330 e. The monoisotopic (exact) mass is 240 g/mol. The molecule has 3 heteroatoms. The zero-order valence-corrected chi connectivity index (χ0v) is 10.9. The molecule has 0 aliphatic carbocycles. The van der Waals surface area contributed by atoms with E-state index in [0.717, 1.165) is 24.7 Å². The van der Waals surface area contributed by atoms with Crippen molar-refractivity contribution >= 4 is 11.6 Å². The Bertz CT molecular complexity index is 311. The van der Waals surface area contributed by atoms with Crippen molar-refractivity contribution in [2.45, 2.75) is 19.8 Å². The van der Waals surface area contributed by atoms with E-state index in [2.05, 4.69) is 24.8 Å². The first-order chi connectivity index (χ1) is 7.71. The normalized spacial score (nSPS) is 13.1. The predicted octanol–water partition coefficient (Wildman–Crippen LogP) is 2.72. The fourth-order valence-electron chi connectivity index (χ4n) is 1.87. The highest BCUT2D eigenvalue weighted by molar-refractivity contribution is 6.30. The lowest BCUT2D eigenvalue weighted by molar-refractivity contribution is 0.284. The van der Waals surface area contributed by atoms with Gasteiger partial charge in [-0.3, -0.25) is 0 Å². The van der Waals surface area contributed by atoms with E-state index < -0.39 is 0 Å². The van der Waals surface area contributed by atoms with Crippen LogP contribution in [0.1, 0.15) is 25.3 Å². The lowest BCUT2D eigenvalue weighted by Crippen LogP contribution is -2.31. The number of nitrogens with two attached hydrogens (primary N) is 1. The number of hydrogen-bond acceptors (Lipinski definition) is 2. The first kappa shape index (κ1) is 13.5. The molecule has 1 aromatic rings. The van der Waals surface area contributed by atoms with Crippen LogP contribution in [0.2, 0.25) is 5.02 Å². The van der Waals surface area contributed by atoms with Crippen LogP contribution in [0.25, 0.3) is 0 Å². The minimum Gasteiger partial charge on any atom is -0.330 e. The van der Waals surface area contributed by atoms with Gasteiger partial charge in [-0.1, -0.05) is 37.6 Å². The van der Waals surface area contributed by atoms with Gasteiger partial charge >= 0.3 is 0 Å². The van der Waals surface area contributed by atoms with Crippen molar-refractivity contribution in [2.24, 2.45) is 5.73 Å². The third-order valence-electron chi connectivity index (χ3n) is 2.98. The van der Waals surface area contributed by atoms with E-state index in [9.17, 15) is 0 Å². The number of hydrogen-bond donors (Lipinski definition) is 1. The second-order valence-corrected chi connectivity index (χ2v) is 4.41. The zero-order chi connectivity index (χ0) is 12.0. The Balaban J connectivity index is 2.74. The van der Waals surface area contributed by atoms with Crippen LogP contribution >= 0.6 is 11.6 Å². The van der Waals surface area contributed by atoms with Crippen molar-refractivity contribution in [3.8, 4) is 0 Å². The summed E-state index contributed by atoms with van der Waals surface area (Å²) in [4.78, 5) is 2.39. The Morgan fingerprint density at radius 3 is 2.50 bits per heavy atom. The van der Waals surface area contributed by atoms with Crippen LogP contribution in [0.15, 0.2) is 24.3 Å². The molecular formula is C13H21ClN2. The molecule has 1 rings (SSSR count). The third-order valence-corrected chi connectivity index (χ3v) is 3.21. The van der Waals surface area contributed by atoms with Crippen LogP contribution < -0.4 is 5.73 Å². The highest BCUT2D eigenvalue weighted by Gasteiger charge is 2.13. The molecule has 0 saturated heterocycles. The molecule has 0 amide bonds. The number of nitrogens with zero attached hydrogens (tertiary/aromatic N) is 1. The fraction of sp³-hybridized carbons (Fsp3) is 0.538. The van der Waals surface area contributed by atoms with Crippen molar-refractivity contribution in [1.82, 2.24) is 4.90 Å². The molecule has 0 aliphatic heterocycles. The molecule has 0 heterocycles. The van der Waals surface area contributed by atoms with Gasteiger partial charge in [0, 0.05) is 24.0 Å². The van der Waals surface area contributed by atoms with Gasteiger partial charge in [0.05, 0.1) is 0 Å². The predicted molar refractivity (Wildman–Crippen MR) is 71.0 cm³/mol. The summed E-state index contributed by atoms with van der Waals surface area (Å²) >= 11 is 6.00. The van der Waals surface area contributed by atoms with E-state index in [-0.39, 0.29) is 0 Å². The Hall–Kier alpha value is -0.570. The van der Waals surface area contributed by atoms with Crippen molar-refractivity contribution < 1.29 is 0 Å². The Morgan fingerprint density at radius 2 is 2.00 bits per heavy atom. The molecule has 1 unspecified atom stereocenters. The van der Waals surface area contributed by atoms with Gasteiger partial charge in [-0.15, -0.1) is 0 Å². The molecule has 0 fully saturated rings. The Labute approximate surface area is 103 Å². The van der Waals surface area contributed by atoms with Gasteiger partial charge < -0.3 is 10.6 Å². The van der Waals surface area contributed by atoms with Crippen molar-refractivity contribution in [2.75, 3.05) is 26.2 Å². The Morgan fingerprint density at radius 1 is 1.31 bits per heavy atom. The molecule has 0 spiro atoms. The Kier molecular flexibility index (Phi) is 5.81. The van der Waals surface area contributed by atoms with Gasteiger partial charge in [-0.05, 0) is 30.8 Å². The van der Waals surface area contributed by atoms with Crippen molar-refractivity contribution in [3.05, 3.63) is 34.9 Å². The molecule has 2 N–H and O–H groups in total. The molecule has 1 aromatic carbocycles. The minimum absolute atomic E-state index is 0.374. The topological polar surface area (TPSA) is 29.3 Å². The van der Waals surface area contributed by atoms with Crippen LogP contribution in [0.5, 0.6) is 0 Å². The lowest BCUT2D eigenvalue weighted by atomic mass is 9.98. The average Bonchev–Trinajstić information content (AvgIpc) is 2.31. The highest BCUT2D eigenvalue weighted by atomic mass is 35.5. The number of likely N-dealkylation sites (N-methyl/N-ethyl adjacent to an activating group) is 1. The van der Waals surface area contributed by atoms with Crippen LogP contribution in [-0.4, -0.2) is 31.1 Å². The van der Waals surface area contributed by atoms with Gasteiger partial charge in [-0.2, -0.15) is 0 Å². The van der Waals surface area contributed by atoms with E-state index in [1.807, 2.05) is 18.2 Å². The second kappa shape index (κ2) is 6.89. The summed E-state index contributed by atoms with van der Waals surface area (Å²) in [5.41, 5.74) is 7.08. The fourth-order valence-corrected chi connectivity index (χ4v) is 2.07. The zero-order valence-electron chi connectivity index (χ0n) is 10.1. The smallest absolute Gasteiger partial charge is 0.0408 e. The molecule has 0 bridgehead atoms. The maximum atomic E-state index is 6.00. The first-order valence-corrected chi connectivity index (χ1v) is 6.26. The molecule has 1 atom stereocenters. The summed E-state index contributed by atoms with van der Waals surface area (Å²) in [7, 11) is 0. The molecule has 90 valence electrons. The van der Waals surface area contributed by atoms with Crippen molar-refractivity contribution in [3.63, 3.8) is 0 Å². The highest BCUT2D eigenvalue weighted by Crippen LogP contribution is 2.19. The van der Waals surface area contributed by atoms with E-state index >= 15 is 0 Å². The number of rotatable bonds is 6. The van der Waals surface area contributed by atoms with Crippen LogP contribution in [-0.2, 0) is 0 Å². The third kappa shape index (κ3) is 3.78. The van der Waals surface area contributed by atoms with Crippen LogP contribution in [0, 0.1) is 0 Å². The van der Waals surface area contributed by atoms with Crippen LogP contribution in [0.3, 0.4) is 0 Å². The number of halogens is 1. The maximum Gasteiger partial charge on any atom is 0.0408 e. The molecule has 0 aromatic heterocycles. The van der Waals surface area contributed by atoms with Crippen LogP contribution in [0.4, 0.5) is 0 Å². The molecule has 16 heavy (non-hydrogen) atoms. The van der Waals surface area contributed by atoms with E-state index in [0.29, 0.717) is 12.5 Å². The second-order valence-electron chi connectivity index (χ2n) is 3.97. The summed E-state index contributed by atoms with van der Waals surface area (Å²) in [5, 5.41) is 0.787. The summed E-state index contributed by atoms with van der Waals surface area (Å²) in [6, 6.07) is 8.01. The molecular weight excluding hydrogens is 220 g/mol. The molecule has 0 aliphatic rings. The standard InChI is InChI=1S/C13H21ClN2/c1-3-16(4-2)10-12(9-15)11-6-5-7-13(14)8-11/h5-8,12H,3-4,9-10,15H2,1-2H3. The van der Waals surface area contributed by atoms with Gasteiger partial charge in [0.2, 0.25) is 0 Å². The van der Waals surface area contributed by atoms with Gasteiger partial charge in [0.1, 0.15) is 0 Å². The molecule has 2 nitrogen and oxygen atoms in total. The summed E-state index contributed by atoms with van der Waals surface area (Å²) in [5.74, 6) is 0.374. The summed E-state index contributed by atoms with van der Waals surface area (Å²) < 4.78 is 0. The van der Waals surface area contributed by atoms with Gasteiger partial charge in [0.25, 0.3) is 0 Å². The molecule has 0 saturated carbocycles. The quantitative estimate of drug-likeness (QED) is 0.829. The van der Waals surface area contributed by atoms with E-state index in [1.165, 1.54) is 5.56 Å². The first-order valence-electron chi connectivity index (χ1n) is 5.89. The average molecular weight is 241 g/mol. The van der Waals surface area contributed by atoms with E-state index in [4.69, 9.17) is 17.3 Å². The van der Waals surface area contributed by atoms with E-state index in [1.54, 1.807) is 0 Å². The molecule has 0 radical (unpaired) electrons. The maximum absolute atomic E-state index is 6.00. The summed E-state index contributed by atoms with van der Waals surface area (Å²) in [6.45, 7) is 8.14. The number of benzene rings is 1. The van der Waals surface area contributed by atoms with Gasteiger partial charge in [0.15, 0.2) is 0 Å². The SMILES string of the molecule is CCN(CC)CC(CN)c1cccc(Cl)c1. The minimum atomic E-state index is 0.374. The summed E-state index contributed by atoms with van der Waals surface area (Å²) in [6.07, 6.45) is 0. The van der Waals surface area contributed by atoms with Gasteiger partial charge in [-0.25, -0.2) is 0 Å². The van der Waals surface area contributed by atoms with Crippen molar-refractivity contribution in [1.29, 1.82) is 0 Å². The lowest BCUT2D eigenvalue weighted by Gasteiger charge is -2.24.